The predicted octanol–water partition coefficient (Wildman–Crippen LogP) is 4.12. The van der Waals surface area contributed by atoms with Crippen LogP contribution < -0.4 is 9.80 Å². The minimum absolute atomic E-state index is 0.253. The summed E-state index contributed by atoms with van der Waals surface area (Å²) in [5, 5.41) is -0.253. The van der Waals surface area contributed by atoms with E-state index in [2.05, 4.69) is 44.0 Å². The lowest BCUT2D eigenvalue weighted by Crippen LogP contribution is -2.47. The van der Waals surface area contributed by atoms with E-state index in [0.29, 0.717) is 5.75 Å². The summed E-state index contributed by atoms with van der Waals surface area (Å²) in [5.74, 6) is 1.15. The van der Waals surface area contributed by atoms with Gasteiger partial charge in [-0.05, 0) is 56.9 Å². The van der Waals surface area contributed by atoms with Crippen LogP contribution in [0.15, 0.2) is 42.7 Å². The molecule has 6 nitrogen and oxygen atoms in total. The molecule has 0 unspecified atom stereocenters. The van der Waals surface area contributed by atoms with E-state index in [-0.39, 0.29) is 5.25 Å². The summed E-state index contributed by atoms with van der Waals surface area (Å²) in [5.41, 5.74) is 2.66. The third-order valence-electron chi connectivity index (χ3n) is 6.03. The van der Waals surface area contributed by atoms with E-state index in [1.54, 1.807) is 26.2 Å². The second-order valence-corrected chi connectivity index (χ2v) is 11.3. The van der Waals surface area contributed by atoms with Crippen LogP contribution in [-0.2, 0) is 16.3 Å². The summed E-state index contributed by atoms with van der Waals surface area (Å²) in [6.45, 7) is 7.35. The van der Waals surface area contributed by atoms with Crippen LogP contribution in [0.2, 0.25) is 0 Å². The average Bonchev–Trinajstić information content (AvgIpc) is 2.79. The first-order valence-corrected chi connectivity index (χ1v) is 13.2. The van der Waals surface area contributed by atoms with E-state index >= 15 is 0 Å². The van der Waals surface area contributed by atoms with Crippen molar-refractivity contribution in [2.45, 2.75) is 57.6 Å². The summed E-state index contributed by atoms with van der Waals surface area (Å²) in [6, 6.07) is 10.8. The first-order chi connectivity index (χ1) is 15.0. The van der Waals surface area contributed by atoms with Crippen LogP contribution in [-0.4, -0.2) is 55.6 Å². The molecule has 0 atom stereocenters. The van der Waals surface area contributed by atoms with Crippen LogP contribution in [0.3, 0.4) is 0 Å². The van der Waals surface area contributed by atoms with E-state index in [4.69, 9.17) is 0 Å². The van der Waals surface area contributed by atoms with Crippen LogP contribution in [0.1, 0.15) is 51.5 Å². The second kappa shape index (κ2) is 11.5. The minimum atomic E-state index is -2.88. The van der Waals surface area contributed by atoms with Crippen molar-refractivity contribution in [1.82, 2.24) is 9.97 Å². The molecular formula is C24H36N4O2S. The van der Waals surface area contributed by atoms with Crippen molar-refractivity contribution in [3.8, 4) is 0 Å². The quantitative estimate of drug-likeness (QED) is 0.486. The van der Waals surface area contributed by atoms with Crippen LogP contribution >= 0.6 is 0 Å². The number of aryl methyl sites for hydroxylation is 1. The molecule has 1 aromatic carbocycles. The van der Waals surface area contributed by atoms with Gasteiger partial charge in [-0.1, -0.05) is 31.4 Å². The van der Waals surface area contributed by atoms with Crippen LogP contribution in [0, 0.1) is 0 Å². The van der Waals surface area contributed by atoms with Crippen molar-refractivity contribution in [2.24, 2.45) is 0 Å². The molecule has 0 amide bonds. The number of aromatic nitrogens is 2. The Labute approximate surface area is 187 Å². The Morgan fingerprint density at radius 1 is 0.839 bits per heavy atom. The second-order valence-electron chi connectivity index (χ2n) is 8.62. The molecule has 0 spiro atoms. The Morgan fingerprint density at radius 2 is 1.42 bits per heavy atom. The summed E-state index contributed by atoms with van der Waals surface area (Å²) >= 11 is 0. The summed E-state index contributed by atoms with van der Waals surface area (Å²) in [4.78, 5) is 13.4. The first kappa shape index (κ1) is 23.5. The maximum Gasteiger partial charge on any atom is 0.225 e. The van der Waals surface area contributed by atoms with Crippen molar-refractivity contribution in [3.63, 3.8) is 0 Å². The molecule has 0 N–H and O–H groups in total. The molecule has 1 saturated heterocycles. The van der Waals surface area contributed by atoms with Gasteiger partial charge in [0.25, 0.3) is 0 Å². The number of rotatable bonds is 11. The van der Waals surface area contributed by atoms with Crippen molar-refractivity contribution in [3.05, 3.63) is 48.3 Å². The van der Waals surface area contributed by atoms with Crippen LogP contribution in [0.5, 0.6) is 0 Å². The van der Waals surface area contributed by atoms with Crippen molar-refractivity contribution >= 4 is 21.5 Å². The molecule has 0 saturated carbocycles. The molecule has 1 aliphatic heterocycles. The van der Waals surface area contributed by atoms with Gasteiger partial charge < -0.3 is 9.80 Å². The molecule has 2 heterocycles. The van der Waals surface area contributed by atoms with Gasteiger partial charge in [-0.15, -0.1) is 0 Å². The lowest BCUT2D eigenvalue weighted by molar-refractivity contribution is 0.577. The first-order valence-electron chi connectivity index (χ1n) is 11.5. The Bertz CT molecular complexity index is 878. The number of piperazine rings is 1. The number of hydrogen-bond donors (Lipinski definition) is 0. The zero-order chi connectivity index (χ0) is 22.1. The Balaban J connectivity index is 1.33. The van der Waals surface area contributed by atoms with Gasteiger partial charge in [-0.25, -0.2) is 18.4 Å². The predicted molar refractivity (Wildman–Crippen MR) is 129 cm³/mol. The molecule has 0 aliphatic carbocycles. The average molecular weight is 445 g/mol. The number of unbranched alkanes of at least 4 members (excludes halogenated alkanes) is 4. The Morgan fingerprint density at radius 3 is 2.06 bits per heavy atom. The molecule has 170 valence electrons. The highest BCUT2D eigenvalue weighted by atomic mass is 32.2. The number of benzene rings is 1. The van der Waals surface area contributed by atoms with Gasteiger partial charge in [0, 0.05) is 44.3 Å². The van der Waals surface area contributed by atoms with E-state index < -0.39 is 9.84 Å². The van der Waals surface area contributed by atoms with Crippen LogP contribution in [0.25, 0.3) is 0 Å². The molecule has 0 radical (unpaired) electrons. The molecule has 31 heavy (non-hydrogen) atoms. The highest BCUT2D eigenvalue weighted by molar-refractivity contribution is 7.91. The third-order valence-corrected chi connectivity index (χ3v) is 8.32. The Hall–Kier alpha value is -2.15. The van der Waals surface area contributed by atoms with Crippen LogP contribution in [0.4, 0.5) is 11.6 Å². The number of hydrogen-bond acceptors (Lipinski definition) is 6. The summed E-state index contributed by atoms with van der Waals surface area (Å²) in [7, 11) is -2.88. The smallest absolute Gasteiger partial charge is 0.225 e. The fourth-order valence-electron chi connectivity index (χ4n) is 3.89. The number of nitrogens with zero attached hydrogens (tertiary/aromatic N) is 4. The highest BCUT2D eigenvalue weighted by Crippen LogP contribution is 2.20. The van der Waals surface area contributed by atoms with Gasteiger partial charge in [0.1, 0.15) is 0 Å². The van der Waals surface area contributed by atoms with E-state index in [9.17, 15) is 8.42 Å². The zero-order valence-corrected chi connectivity index (χ0v) is 19.7. The normalized spacial score (nSPS) is 14.9. The van der Waals surface area contributed by atoms with Gasteiger partial charge in [-0.3, -0.25) is 0 Å². The minimum Gasteiger partial charge on any atom is -0.368 e. The maximum atomic E-state index is 11.8. The third kappa shape index (κ3) is 7.20. The topological polar surface area (TPSA) is 66.4 Å². The van der Waals surface area contributed by atoms with Gasteiger partial charge in [0.15, 0.2) is 9.84 Å². The van der Waals surface area contributed by atoms with Gasteiger partial charge in [0.05, 0.1) is 11.0 Å². The Kier molecular flexibility index (Phi) is 8.69. The van der Waals surface area contributed by atoms with E-state index in [1.807, 2.05) is 6.07 Å². The number of anilines is 2. The maximum absolute atomic E-state index is 11.8. The lowest BCUT2D eigenvalue weighted by Gasteiger charge is -2.36. The van der Waals surface area contributed by atoms with Gasteiger partial charge in [-0.2, -0.15) is 0 Å². The monoisotopic (exact) mass is 444 g/mol. The molecular weight excluding hydrogens is 408 g/mol. The van der Waals surface area contributed by atoms with Crippen molar-refractivity contribution < 1.29 is 8.42 Å². The molecule has 3 rings (SSSR count). The molecule has 0 bridgehead atoms. The summed E-state index contributed by atoms with van der Waals surface area (Å²) in [6.07, 6.45) is 9.91. The molecule has 2 aromatic rings. The van der Waals surface area contributed by atoms with Crippen molar-refractivity contribution in [1.29, 1.82) is 0 Å². The van der Waals surface area contributed by atoms with E-state index in [0.717, 1.165) is 70.7 Å². The largest absolute Gasteiger partial charge is 0.368 e. The lowest BCUT2D eigenvalue weighted by atomic mass is 10.0. The molecule has 1 aromatic heterocycles. The fourth-order valence-corrected chi connectivity index (χ4v) is 4.97. The molecule has 1 fully saturated rings. The zero-order valence-electron chi connectivity index (χ0n) is 18.9. The molecule has 1 aliphatic rings. The fraction of sp³-hybridized carbons (Fsp3) is 0.583. The SMILES string of the molecule is CC(C)S(=O)(=O)CCCCCCCc1ccc(N2CCN(c3ncccn3)CC2)cc1. The highest BCUT2D eigenvalue weighted by Gasteiger charge is 2.19. The van der Waals surface area contributed by atoms with E-state index in [1.165, 1.54) is 11.3 Å². The van der Waals surface area contributed by atoms with Gasteiger partial charge in [0.2, 0.25) is 5.95 Å². The standard InChI is InChI=1S/C24H36N4O2S/c1-21(2)31(29,30)20-7-5-3-4-6-9-22-10-12-23(13-11-22)27-16-18-28(19-17-27)24-25-14-8-15-26-24/h8,10-15,21H,3-7,9,16-20H2,1-2H3. The number of sulfone groups is 1. The summed E-state index contributed by atoms with van der Waals surface area (Å²) < 4.78 is 23.6. The van der Waals surface area contributed by atoms with Crippen molar-refractivity contribution in [2.75, 3.05) is 41.7 Å². The molecule has 7 heteroatoms. The van der Waals surface area contributed by atoms with Gasteiger partial charge >= 0.3 is 0 Å².